The smallest absolute Gasteiger partial charge is 0.342 e. The molecule has 0 spiro atoms. The number of esters is 1. The predicted octanol–water partition coefficient (Wildman–Crippen LogP) is 9.36. The summed E-state index contributed by atoms with van der Waals surface area (Å²) in [6.07, 6.45) is 3.27. The maximum Gasteiger partial charge on any atom is 0.342 e. The van der Waals surface area contributed by atoms with Crippen molar-refractivity contribution >= 4 is 50.4 Å². The second-order valence-electron chi connectivity index (χ2n) is 18.2. The summed E-state index contributed by atoms with van der Waals surface area (Å²) < 4.78 is 53.4. The van der Waals surface area contributed by atoms with E-state index in [1.165, 1.54) is 21.3 Å². The number of carboxylic acid groups (broad SMARTS) is 1. The molecule has 0 aliphatic carbocycles. The predicted molar refractivity (Wildman–Crippen MR) is 266 cm³/mol. The Morgan fingerprint density at radius 3 is 1.28 bits per heavy atom. The quantitative estimate of drug-likeness (QED) is 0.0406. The van der Waals surface area contributed by atoms with Crippen molar-refractivity contribution in [3.8, 4) is 57.0 Å². The molecule has 18 nitrogen and oxygen atoms in total. The van der Waals surface area contributed by atoms with Gasteiger partial charge in [0.1, 0.15) is 35.6 Å². The maximum atomic E-state index is 12.9. The fourth-order valence-corrected chi connectivity index (χ4v) is 8.76. The minimum Gasteiger partial charge on any atom is -0.493 e. The highest BCUT2D eigenvalue weighted by Gasteiger charge is 2.27. The number of hydrogen-bond acceptors (Lipinski definition) is 15. The van der Waals surface area contributed by atoms with E-state index in [0.29, 0.717) is 110 Å². The number of hydrogen-bond donors (Lipinski definition) is 1. The molecule has 0 saturated heterocycles. The Bertz CT molecular complexity index is 2690. The highest BCUT2D eigenvalue weighted by molar-refractivity contribution is 6.76. The van der Waals surface area contributed by atoms with Gasteiger partial charge < -0.3 is 56.9 Å². The third-order valence-electron chi connectivity index (χ3n) is 11.1. The van der Waals surface area contributed by atoms with Gasteiger partial charge in [0, 0.05) is 51.9 Å². The zero-order valence-electron chi connectivity index (χ0n) is 42.0. The molecule has 6 rings (SSSR count). The van der Waals surface area contributed by atoms with Gasteiger partial charge in [0.2, 0.25) is 11.5 Å². The van der Waals surface area contributed by atoms with E-state index >= 15 is 0 Å². The Balaban J connectivity index is 0.000000255. The highest BCUT2D eigenvalue weighted by atomic mass is 28.3. The van der Waals surface area contributed by atoms with Gasteiger partial charge in [-0.05, 0) is 57.1 Å². The van der Waals surface area contributed by atoms with Crippen molar-refractivity contribution in [2.24, 2.45) is 0 Å². The lowest BCUT2D eigenvalue weighted by atomic mass is 10.1. The van der Waals surface area contributed by atoms with E-state index in [1.54, 1.807) is 76.4 Å². The van der Waals surface area contributed by atoms with E-state index in [4.69, 9.17) is 47.6 Å². The van der Waals surface area contributed by atoms with Crippen LogP contribution in [0.5, 0.6) is 34.5 Å². The van der Waals surface area contributed by atoms with Crippen molar-refractivity contribution in [2.45, 2.75) is 85.6 Å². The topological polar surface area (TPSA) is 199 Å². The van der Waals surface area contributed by atoms with Crippen LogP contribution >= 0.6 is 0 Å². The van der Waals surface area contributed by atoms with E-state index in [9.17, 15) is 14.7 Å². The molecule has 68 heavy (non-hydrogen) atoms. The number of aromatic nitrogens is 6. The summed E-state index contributed by atoms with van der Waals surface area (Å²) in [5, 5.41) is 9.88. The summed E-state index contributed by atoms with van der Waals surface area (Å²) in [4.78, 5) is 43.7. The molecule has 0 saturated carbocycles. The summed E-state index contributed by atoms with van der Waals surface area (Å²) in [5.41, 5.74) is 5.96. The zero-order chi connectivity index (χ0) is 50.1. The lowest BCUT2D eigenvalue weighted by Gasteiger charge is -2.16. The summed E-state index contributed by atoms with van der Waals surface area (Å²) in [6.45, 7) is 21.2. The minimum atomic E-state index is -1.23. The van der Waals surface area contributed by atoms with Gasteiger partial charge in [0.15, 0.2) is 34.3 Å². The van der Waals surface area contributed by atoms with Crippen molar-refractivity contribution in [1.29, 1.82) is 0 Å². The molecular formula is C48H66N6O12Si2. The number of carboxylic acids is 1. The standard InChI is InChI=1S/C25H35N3O6Si.C23H31N3O6Si/c1-9-34-25(29)21-16(2)28(15-33-10-11-35(6,7)8)24-22(21)27-18(14-26-24)17-12-19(30-3)23(32-5)20(13-17)31-4;1-14-19(23(27)28)20-22(26(14)13-32-8-9-33(5,6)7)24-12-16(25-20)15-10-17(29-2)21(31-4)18(11-15)30-3/h12-14H,9-11,15H2,1-8H3;10-12H,8-9,13H2,1-7H3,(H,27,28). The monoisotopic (exact) mass is 974 g/mol. The minimum absolute atomic E-state index is 0.112. The number of benzene rings is 2. The first-order valence-corrected chi connectivity index (χ1v) is 29.6. The zero-order valence-corrected chi connectivity index (χ0v) is 44.0. The second kappa shape index (κ2) is 22.7. The molecule has 2 aromatic carbocycles. The molecule has 20 heteroatoms. The molecule has 4 aromatic heterocycles. The Hall–Kier alpha value is -6.23. The van der Waals surface area contributed by atoms with Crippen LogP contribution in [0.15, 0.2) is 36.7 Å². The normalized spacial score (nSPS) is 11.6. The lowest BCUT2D eigenvalue weighted by molar-refractivity contribution is 0.0524. The number of ether oxygens (including phenoxy) is 9. The van der Waals surface area contributed by atoms with Crippen LogP contribution in [0.4, 0.5) is 0 Å². The Morgan fingerprint density at radius 2 is 0.956 bits per heavy atom. The van der Waals surface area contributed by atoms with Crippen molar-refractivity contribution < 1.29 is 57.3 Å². The van der Waals surface area contributed by atoms with Gasteiger partial charge in [0.25, 0.3) is 0 Å². The summed E-state index contributed by atoms with van der Waals surface area (Å²) in [6, 6.07) is 9.16. The molecule has 6 aromatic rings. The average molecular weight is 975 g/mol. The van der Waals surface area contributed by atoms with Crippen molar-refractivity contribution in [1.82, 2.24) is 29.1 Å². The third-order valence-corrected chi connectivity index (χ3v) is 14.5. The van der Waals surface area contributed by atoms with Gasteiger partial charge in [-0.3, -0.25) is 0 Å². The van der Waals surface area contributed by atoms with E-state index in [1.807, 2.05) is 11.5 Å². The fraction of sp³-hybridized carbons (Fsp3) is 0.458. The van der Waals surface area contributed by atoms with Gasteiger partial charge in [-0.15, -0.1) is 0 Å². The number of aromatic carboxylic acids is 1. The molecule has 0 aliphatic heterocycles. The van der Waals surface area contributed by atoms with Gasteiger partial charge in [-0.1, -0.05) is 39.3 Å². The van der Waals surface area contributed by atoms with Crippen LogP contribution in [-0.4, -0.2) is 125 Å². The first kappa shape index (κ1) is 52.7. The number of fused-ring (bicyclic) bond motifs is 2. The van der Waals surface area contributed by atoms with E-state index < -0.39 is 28.1 Å². The van der Waals surface area contributed by atoms with Crippen molar-refractivity contribution in [2.75, 3.05) is 62.5 Å². The van der Waals surface area contributed by atoms with Crippen LogP contribution in [0.25, 0.3) is 44.8 Å². The molecule has 4 heterocycles. The Kier molecular flexibility index (Phi) is 17.6. The second-order valence-corrected chi connectivity index (χ2v) is 29.4. The first-order valence-electron chi connectivity index (χ1n) is 22.1. The van der Waals surface area contributed by atoms with E-state index in [-0.39, 0.29) is 25.6 Å². The maximum absolute atomic E-state index is 12.9. The summed E-state index contributed by atoms with van der Waals surface area (Å²) in [7, 11) is 6.81. The van der Waals surface area contributed by atoms with Crippen LogP contribution in [0.3, 0.4) is 0 Å². The third kappa shape index (κ3) is 12.1. The van der Waals surface area contributed by atoms with Crippen LogP contribution in [-0.2, 0) is 27.7 Å². The molecule has 368 valence electrons. The Morgan fingerprint density at radius 1 is 0.588 bits per heavy atom. The molecule has 1 N–H and O–H groups in total. The SMILES string of the molecule is CCOC(=O)c1c(C)n(COCC[Si](C)(C)C)c2ncc(-c3cc(OC)c(OC)c(OC)c3)nc12.COc1cc(-c2cnc3c(n2)c(C(=O)O)c(C)n3COCC[Si](C)(C)C)cc(OC)c1OC. The van der Waals surface area contributed by atoms with Crippen molar-refractivity contribution in [3.05, 3.63) is 59.2 Å². The summed E-state index contributed by atoms with van der Waals surface area (Å²) in [5.74, 6) is 1.38. The molecule has 0 amide bonds. The van der Waals surface area contributed by atoms with Crippen LogP contribution in [0.2, 0.25) is 51.4 Å². The van der Waals surface area contributed by atoms with Crippen LogP contribution in [0, 0.1) is 13.8 Å². The fourth-order valence-electron chi connectivity index (χ4n) is 7.25. The summed E-state index contributed by atoms with van der Waals surface area (Å²) >= 11 is 0. The number of rotatable bonds is 21. The van der Waals surface area contributed by atoms with Crippen LogP contribution < -0.4 is 28.4 Å². The van der Waals surface area contributed by atoms with Gasteiger partial charge in [0.05, 0.1) is 73.0 Å². The first-order chi connectivity index (χ1) is 32.2. The largest absolute Gasteiger partial charge is 0.493 e. The van der Waals surface area contributed by atoms with E-state index in [0.717, 1.165) is 12.1 Å². The number of carbonyl (C=O) groups excluding carboxylic acids is 1. The molecule has 0 fully saturated rings. The average Bonchev–Trinajstić information content (AvgIpc) is 3.75. The lowest BCUT2D eigenvalue weighted by Crippen LogP contribution is -2.22. The number of carbonyl (C=O) groups is 2. The highest BCUT2D eigenvalue weighted by Crippen LogP contribution is 2.42. The molecule has 0 radical (unpaired) electrons. The molecule has 0 atom stereocenters. The molecule has 0 aliphatic rings. The van der Waals surface area contributed by atoms with E-state index in [2.05, 4.69) is 54.2 Å². The number of nitrogens with zero attached hydrogens (tertiary/aromatic N) is 6. The van der Waals surface area contributed by atoms with Gasteiger partial charge in [-0.25, -0.2) is 29.5 Å². The molecule has 0 bridgehead atoms. The van der Waals surface area contributed by atoms with Gasteiger partial charge >= 0.3 is 11.9 Å². The van der Waals surface area contributed by atoms with Gasteiger partial charge in [-0.2, -0.15) is 0 Å². The molecular weight excluding hydrogens is 909 g/mol. The Labute approximate surface area is 399 Å². The van der Waals surface area contributed by atoms with Crippen molar-refractivity contribution in [3.63, 3.8) is 0 Å². The van der Waals surface area contributed by atoms with Crippen LogP contribution in [0.1, 0.15) is 39.0 Å². The molecule has 0 unspecified atom stereocenters. The number of methoxy groups -OCH3 is 6.